The van der Waals surface area contributed by atoms with Crippen LogP contribution in [-0.4, -0.2) is 10.9 Å². The van der Waals surface area contributed by atoms with Crippen LogP contribution in [0.15, 0.2) is 43.0 Å². The molecule has 1 rings (SSSR count). The fourth-order valence-electron chi connectivity index (χ4n) is 1.55. The van der Waals surface area contributed by atoms with Crippen molar-refractivity contribution in [3.05, 3.63) is 48.6 Å². The molecule has 0 saturated carbocycles. The molecule has 0 bridgehead atoms. The van der Waals surface area contributed by atoms with E-state index in [4.69, 9.17) is 0 Å². The molecule has 0 amide bonds. The van der Waals surface area contributed by atoms with Crippen molar-refractivity contribution < 1.29 is 9.90 Å². The molecule has 0 aliphatic heterocycles. The zero-order valence-corrected chi connectivity index (χ0v) is 9.43. The van der Waals surface area contributed by atoms with E-state index in [1.807, 2.05) is 30.3 Å². The lowest BCUT2D eigenvalue weighted by Gasteiger charge is -2.09. The zero-order chi connectivity index (χ0) is 11.8. The fraction of sp³-hybridized carbons (Fsp3) is 0.357. The Morgan fingerprint density at radius 3 is 2.69 bits per heavy atom. The van der Waals surface area contributed by atoms with E-state index in [9.17, 15) is 9.90 Å². The number of aliphatic hydroxyl groups excluding tert-OH is 1. The summed E-state index contributed by atoms with van der Waals surface area (Å²) in [5, 5.41) is 9.81. The third kappa shape index (κ3) is 4.41. The van der Waals surface area contributed by atoms with E-state index in [0.717, 1.165) is 18.4 Å². The first kappa shape index (κ1) is 12.7. The van der Waals surface area contributed by atoms with Crippen LogP contribution in [0.1, 0.15) is 37.4 Å². The number of carbonyl (C=O) groups is 1. The summed E-state index contributed by atoms with van der Waals surface area (Å²) in [5.74, 6) is 0.109. The maximum absolute atomic E-state index is 11.5. The third-order valence-electron chi connectivity index (χ3n) is 2.47. The van der Waals surface area contributed by atoms with Crippen LogP contribution in [0.2, 0.25) is 0 Å². The minimum Gasteiger partial charge on any atom is -0.388 e. The van der Waals surface area contributed by atoms with Gasteiger partial charge in [0.05, 0.1) is 6.10 Å². The van der Waals surface area contributed by atoms with Crippen LogP contribution >= 0.6 is 0 Å². The number of unbranched alkanes of at least 4 members (excludes halogenated alkanes) is 1. The predicted molar refractivity (Wildman–Crippen MR) is 65.1 cm³/mol. The van der Waals surface area contributed by atoms with E-state index in [1.54, 1.807) is 6.08 Å². The lowest BCUT2D eigenvalue weighted by Crippen LogP contribution is -2.06. The predicted octanol–water partition coefficient (Wildman–Crippen LogP) is 3.04. The van der Waals surface area contributed by atoms with E-state index in [0.29, 0.717) is 6.42 Å². The van der Waals surface area contributed by atoms with Crippen molar-refractivity contribution >= 4 is 5.78 Å². The Kier molecular flexibility index (Phi) is 5.51. The average Bonchev–Trinajstić information content (AvgIpc) is 2.30. The molecule has 2 heteroatoms. The summed E-state index contributed by atoms with van der Waals surface area (Å²) >= 11 is 0. The minimum atomic E-state index is -0.669. The molecule has 1 aromatic carbocycles. The summed E-state index contributed by atoms with van der Waals surface area (Å²) in [5.41, 5.74) is 0.805. The van der Waals surface area contributed by atoms with Crippen LogP contribution in [0.3, 0.4) is 0 Å². The summed E-state index contributed by atoms with van der Waals surface area (Å²) < 4.78 is 0. The molecule has 1 aromatic rings. The molecule has 0 aromatic heterocycles. The molecule has 16 heavy (non-hydrogen) atoms. The van der Waals surface area contributed by atoms with Crippen LogP contribution in [0, 0.1) is 0 Å². The molecule has 0 heterocycles. The van der Waals surface area contributed by atoms with Crippen molar-refractivity contribution in [2.45, 2.75) is 31.8 Å². The summed E-state index contributed by atoms with van der Waals surface area (Å²) in [6.45, 7) is 3.61. The number of Topliss-reactive ketones (excluding diaryl/α,β-unsaturated/α-hetero) is 1. The number of rotatable bonds is 7. The second-order valence-electron chi connectivity index (χ2n) is 3.85. The monoisotopic (exact) mass is 218 g/mol. The molecule has 0 saturated heterocycles. The minimum absolute atomic E-state index is 0.109. The molecule has 1 atom stereocenters. The van der Waals surface area contributed by atoms with Gasteiger partial charge in [0.2, 0.25) is 0 Å². The Bertz CT molecular complexity index is 330. The Morgan fingerprint density at radius 1 is 1.38 bits per heavy atom. The number of hydrogen-bond donors (Lipinski definition) is 1. The fourth-order valence-corrected chi connectivity index (χ4v) is 1.55. The van der Waals surface area contributed by atoms with Gasteiger partial charge in [0.1, 0.15) is 5.78 Å². The highest BCUT2D eigenvalue weighted by Crippen LogP contribution is 2.17. The first-order valence-corrected chi connectivity index (χ1v) is 5.59. The molecule has 0 aliphatic carbocycles. The van der Waals surface area contributed by atoms with E-state index in [-0.39, 0.29) is 12.2 Å². The van der Waals surface area contributed by atoms with Crippen molar-refractivity contribution in [3.8, 4) is 0 Å². The molecule has 0 fully saturated rings. The van der Waals surface area contributed by atoms with Gasteiger partial charge in [-0.3, -0.25) is 4.79 Å². The van der Waals surface area contributed by atoms with Gasteiger partial charge >= 0.3 is 0 Å². The first-order chi connectivity index (χ1) is 7.74. The normalized spacial score (nSPS) is 12.1. The molecule has 0 spiro atoms. The number of benzene rings is 1. The Hall–Kier alpha value is -1.41. The highest BCUT2D eigenvalue weighted by molar-refractivity contribution is 5.79. The topological polar surface area (TPSA) is 37.3 Å². The van der Waals surface area contributed by atoms with Crippen molar-refractivity contribution in [1.29, 1.82) is 0 Å². The van der Waals surface area contributed by atoms with Gasteiger partial charge in [-0.25, -0.2) is 0 Å². The molecule has 1 unspecified atom stereocenters. The van der Waals surface area contributed by atoms with E-state index in [1.165, 1.54) is 0 Å². The highest BCUT2D eigenvalue weighted by atomic mass is 16.3. The van der Waals surface area contributed by atoms with Gasteiger partial charge in [-0.1, -0.05) is 36.4 Å². The van der Waals surface area contributed by atoms with Gasteiger partial charge in [0, 0.05) is 12.8 Å². The third-order valence-corrected chi connectivity index (χ3v) is 2.47. The standard InChI is InChI=1S/C14H18O2/c1-2-3-5-10-13(15)11-14(16)12-8-6-4-7-9-12/h2,4,6-9,14,16H,1,3,5,10-11H2. The van der Waals surface area contributed by atoms with Crippen LogP contribution in [0.5, 0.6) is 0 Å². The van der Waals surface area contributed by atoms with Gasteiger partial charge in [-0.2, -0.15) is 0 Å². The summed E-state index contributed by atoms with van der Waals surface area (Å²) in [6, 6.07) is 9.28. The summed E-state index contributed by atoms with van der Waals surface area (Å²) in [6.07, 6.45) is 3.55. The largest absolute Gasteiger partial charge is 0.388 e. The zero-order valence-electron chi connectivity index (χ0n) is 9.43. The first-order valence-electron chi connectivity index (χ1n) is 5.59. The Balaban J connectivity index is 2.36. The van der Waals surface area contributed by atoms with Crippen molar-refractivity contribution in [1.82, 2.24) is 0 Å². The Labute approximate surface area is 96.6 Å². The second-order valence-corrected chi connectivity index (χ2v) is 3.85. The molecule has 1 N–H and O–H groups in total. The lowest BCUT2D eigenvalue weighted by atomic mass is 10.0. The van der Waals surface area contributed by atoms with Crippen LogP contribution < -0.4 is 0 Å². The maximum Gasteiger partial charge on any atom is 0.135 e. The highest BCUT2D eigenvalue weighted by Gasteiger charge is 2.11. The molecule has 86 valence electrons. The van der Waals surface area contributed by atoms with Crippen LogP contribution in [0.4, 0.5) is 0 Å². The van der Waals surface area contributed by atoms with Crippen molar-refractivity contribution in [3.63, 3.8) is 0 Å². The van der Waals surface area contributed by atoms with Crippen LogP contribution in [-0.2, 0) is 4.79 Å². The number of ketones is 1. The number of allylic oxidation sites excluding steroid dienone is 1. The number of aliphatic hydroxyl groups is 1. The number of hydrogen-bond acceptors (Lipinski definition) is 2. The summed E-state index contributed by atoms with van der Waals surface area (Å²) in [4.78, 5) is 11.5. The van der Waals surface area contributed by atoms with Gasteiger partial charge in [0.25, 0.3) is 0 Å². The van der Waals surface area contributed by atoms with Gasteiger partial charge in [-0.05, 0) is 18.4 Å². The molecule has 0 aliphatic rings. The van der Waals surface area contributed by atoms with Crippen molar-refractivity contribution in [2.75, 3.05) is 0 Å². The van der Waals surface area contributed by atoms with Crippen molar-refractivity contribution in [2.24, 2.45) is 0 Å². The molecule has 2 nitrogen and oxygen atoms in total. The Morgan fingerprint density at radius 2 is 2.06 bits per heavy atom. The molecule has 0 radical (unpaired) electrons. The van der Waals surface area contributed by atoms with E-state index >= 15 is 0 Å². The van der Waals surface area contributed by atoms with E-state index in [2.05, 4.69) is 6.58 Å². The van der Waals surface area contributed by atoms with E-state index < -0.39 is 6.10 Å². The van der Waals surface area contributed by atoms with Crippen LogP contribution in [0.25, 0.3) is 0 Å². The quantitative estimate of drug-likeness (QED) is 0.564. The smallest absolute Gasteiger partial charge is 0.135 e. The van der Waals surface area contributed by atoms with Gasteiger partial charge < -0.3 is 5.11 Å². The molecular weight excluding hydrogens is 200 g/mol. The average molecular weight is 218 g/mol. The van der Waals surface area contributed by atoms with Gasteiger partial charge in [-0.15, -0.1) is 6.58 Å². The van der Waals surface area contributed by atoms with Gasteiger partial charge in [0.15, 0.2) is 0 Å². The number of carbonyl (C=O) groups excluding carboxylic acids is 1. The SMILES string of the molecule is C=CCCCC(=O)CC(O)c1ccccc1. The lowest BCUT2D eigenvalue weighted by molar-refractivity contribution is -0.121. The second kappa shape index (κ2) is 6.96. The molecular formula is C14H18O2. The summed E-state index contributed by atoms with van der Waals surface area (Å²) in [7, 11) is 0. The maximum atomic E-state index is 11.5.